The van der Waals surface area contributed by atoms with Gasteiger partial charge in [0.05, 0.1) is 9.85 Å². The van der Waals surface area contributed by atoms with Gasteiger partial charge in [-0.1, -0.05) is 0 Å². The quantitative estimate of drug-likeness (QED) is 0.374. The van der Waals surface area contributed by atoms with E-state index < -0.39 is 38.7 Å². The molecule has 162 valence electrons. The molecule has 0 aromatic heterocycles. The fourth-order valence-corrected chi connectivity index (χ4v) is 2.64. The molecule has 0 bridgehead atoms. The number of carboxylic acid groups (broad SMARTS) is 2. The molecular formula is C20H12N2O10. The lowest BCUT2D eigenvalue weighted by Gasteiger charge is -2.15. The molecule has 0 aliphatic heterocycles. The van der Waals surface area contributed by atoms with E-state index in [-0.39, 0.29) is 28.6 Å². The zero-order chi connectivity index (χ0) is 23.4. The number of non-ortho nitro benzene ring substituents is 2. The topological polar surface area (TPSA) is 179 Å². The van der Waals surface area contributed by atoms with Gasteiger partial charge in [0.25, 0.3) is 11.4 Å². The molecule has 0 amide bonds. The minimum absolute atomic E-state index is 0.0481. The van der Waals surface area contributed by atoms with E-state index in [1.165, 1.54) is 24.3 Å². The number of benzene rings is 3. The largest absolute Gasteiger partial charge is 0.478 e. The van der Waals surface area contributed by atoms with Gasteiger partial charge >= 0.3 is 11.9 Å². The molecule has 3 aromatic rings. The van der Waals surface area contributed by atoms with Gasteiger partial charge in [-0.3, -0.25) is 20.2 Å². The number of hydrogen-bond acceptors (Lipinski definition) is 8. The second-order valence-electron chi connectivity index (χ2n) is 6.13. The summed E-state index contributed by atoms with van der Waals surface area (Å²) in [6, 6.07) is 11.5. The number of aromatic carboxylic acids is 2. The Morgan fingerprint density at radius 3 is 1.56 bits per heavy atom. The van der Waals surface area contributed by atoms with Gasteiger partial charge in [-0.15, -0.1) is 0 Å². The molecule has 12 nitrogen and oxygen atoms in total. The summed E-state index contributed by atoms with van der Waals surface area (Å²) in [7, 11) is 0. The molecule has 0 aliphatic rings. The van der Waals surface area contributed by atoms with Crippen LogP contribution in [0.3, 0.4) is 0 Å². The second-order valence-corrected chi connectivity index (χ2v) is 6.13. The van der Waals surface area contributed by atoms with Crippen LogP contribution in [0.2, 0.25) is 0 Å². The van der Waals surface area contributed by atoms with Gasteiger partial charge in [0.1, 0.15) is 28.4 Å². The maximum atomic E-state index is 12.0. The highest BCUT2D eigenvalue weighted by Gasteiger charge is 2.26. The standard InChI is InChI=1S/C20H12N2O10/c23-19(24)15-9-10-16(31-13-5-1-11(2-6-13)21(27)28)17(20(25)26)18(15)32-14-7-3-12(4-8-14)22(29)30/h1-10H,(H,23,24)(H,25,26). The van der Waals surface area contributed by atoms with Gasteiger partial charge in [-0.05, 0) is 36.4 Å². The van der Waals surface area contributed by atoms with E-state index in [0.717, 1.165) is 36.4 Å². The molecule has 0 radical (unpaired) electrons. The molecule has 0 atom stereocenters. The number of nitrogens with zero attached hydrogens (tertiary/aromatic N) is 2. The van der Waals surface area contributed by atoms with E-state index >= 15 is 0 Å². The summed E-state index contributed by atoms with van der Waals surface area (Å²) in [5.74, 6) is -3.88. The molecule has 2 N–H and O–H groups in total. The van der Waals surface area contributed by atoms with Gasteiger partial charge in [-0.2, -0.15) is 0 Å². The molecule has 3 aromatic carbocycles. The minimum atomic E-state index is -1.57. The molecule has 0 aliphatic carbocycles. The van der Waals surface area contributed by atoms with E-state index in [0.29, 0.717) is 0 Å². The molecule has 32 heavy (non-hydrogen) atoms. The average molecular weight is 440 g/mol. The van der Waals surface area contributed by atoms with Crippen molar-refractivity contribution in [1.29, 1.82) is 0 Å². The Labute approximate surface area is 178 Å². The Hall–Kier alpha value is -5.00. The van der Waals surface area contributed by atoms with Crippen LogP contribution in [0.1, 0.15) is 20.7 Å². The Morgan fingerprint density at radius 2 is 1.16 bits per heavy atom. The number of hydrogen-bond donors (Lipinski definition) is 2. The third-order valence-corrected chi connectivity index (χ3v) is 4.11. The molecule has 0 saturated carbocycles. The molecule has 0 heterocycles. The van der Waals surface area contributed by atoms with Crippen LogP contribution in [0.4, 0.5) is 11.4 Å². The van der Waals surface area contributed by atoms with Crippen LogP contribution in [-0.2, 0) is 0 Å². The zero-order valence-electron chi connectivity index (χ0n) is 15.8. The van der Waals surface area contributed by atoms with Crippen LogP contribution in [0.25, 0.3) is 0 Å². The Balaban J connectivity index is 2.05. The van der Waals surface area contributed by atoms with Gasteiger partial charge in [0.15, 0.2) is 5.75 Å². The molecule has 0 spiro atoms. The van der Waals surface area contributed by atoms with E-state index in [4.69, 9.17) is 9.47 Å². The Morgan fingerprint density at radius 1 is 0.688 bits per heavy atom. The first-order chi connectivity index (χ1) is 15.2. The van der Waals surface area contributed by atoms with Gasteiger partial charge in [-0.25, -0.2) is 9.59 Å². The monoisotopic (exact) mass is 440 g/mol. The van der Waals surface area contributed by atoms with E-state index in [9.17, 15) is 40.0 Å². The van der Waals surface area contributed by atoms with Crippen molar-refractivity contribution in [2.45, 2.75) is 0 Å². The summed E-state index contributed by atoms with van der Waals surface area (Å²) < 4.78 is 11.0. The summed E-state index contributed by atoms with van der Waals surface area (Å²) in [5.41, 5.74) is -1.57. The van der Waals surface area contributed by atoms with E-state index in [1.807, 2.05) is 0 Å². The minimum Gasteiger partial charge on any atom is -0.478 e. The van der Waals surface area contributed by atoms with Crippen LogP contribution in [-0.4, -0.2) is 32.0 Å². The molecular weight excluding hydrogens is 428 g/mol. The van der Waals surface area contributed by atoms with Crippen molar-refractivity contribution in [3.05, 3.63) is 92.0 Å². The first-order valence-corrected chi connectivity index (χ1v) is 8.65. The first kappa shape index (κ1) is 21.7. The van der Waals surface area contributed by atoms with Crippen molar-refractivity contribution >= 4 is 23.3 Å². The number of nitro benzene ring substituents is 2. The first-order valence-electron chi connectivity index (χ1n) is 8.65. The third kappa shape index (κ3) is 4.59. The number of rotatable bonds is 8. The number of carbonyl (C=O) groups is 2. The predicted octanol–water partition coefficient (Wildman–Crippen LogP) is 4.48. The smallest absolute Gasteiger partial charge is 0.343 e. The predicted molar refractivity (Wildman–Crippen MR) is 107 cm³/mol. The summed E-state index contributed by atoms with van der Waals surface area (Å²) >= 11 is 0. The number of carboxylic acids is 2. The summed E-state index contributed by atoms with van der Waals surface area (Å²) in [4.78, 5) is 43.9. The van der Waals surface area contributed by atoms with Crippen LogP contribution in [0.15, 0.2) is 60.7 Å². The van der Waals surface area contributed by atoms with E-state index in [1.54, 1.807) is 0 Å². The fourth-order valence-electron chi connectivity index (χ4n) is 2.64. The SMILES string of the molecule is O=C(O)c1ccc(Oc2ccc([N+](=O)[O-])cc2)c(C(=O)O)c1Oc1ccc([N+](=O)[O-])cc1. The van der Waals surface area contributed by atoms with Crippen molar-refractivity contribution in [3.63, 3.8) is 0 Å². The lowest BCUT2D eigenvalue weighted by Crippen LogP contribution is -2.09. The molecule has 3 rings (SSSR count). The fraction of sp³-hybridized carbons (Fsp3) is 0. The molecule has 0 fully saturated rings. The van der Waals surface area contributed by atoms with Gasteiger partial charge < -0.3 is 19.7 Å². The second kappa shape index (κ2) is 8.79. The maximum Gasteiger partial charge on any atom is 0.343 e. The third-order valence-electron chi connectivity index (χ3n) is 4.11. The van der Waals surface area contributed by atoms with Crippen LogP contribution in [0.5, 0.6) is 23.0 Å². The van der Waals surface area contributed by atoms with Crippen molar-refractivity contribution in [2.24, 2.45) is 0 Å². The van der Waals surface area contributed by atoms with Crippen LogP contribution in [0, 0.1) is 20.2 Å². The highest BCUT2D eigenvalue weighted by molar-refractivity contribution is 6.01. The van der Waals surface area contributed by atoms with Crippen molar-refractivity contribution < 1.29 is 39.1 Å². The summed E-state index contributed by atoms with van der Waals surface area (Å²) in [5, 5.41) is 40.7. The molecule has 0 unspecified atom stereocenters. The lowest BCUT2D eigenvalue weighted by atomic mass is 10.1. The average Bonchev–Trinajstić information content (AvgIpc) is 2.74. The Kier molecular flexibility index (Phi) is 5.96. The van der Waals surface area contributed by atoms with Gasteiger partial charge in [0, 0.05) is 24.3 Å². The normalized spacial score (nSPS) is 10.2. The molecule has 12 heteroatoms. The summed E-state index contributed by atoms with van der Waals surface area (Å²) in [6.45, 7) is 0. The highest BCUT2D eigenvalue weighted by atomic mass is 16.6. The van der Waals surface area contributed by atoms with E-state index in [2.05, 4.69) is 0 Å². The molecule has 0 saturated heterocycles. The number of ether oxygens (including phenoxy) is 2. The van der Waals surface area contributed by atoms with Crippen molar-refractivity contribution in [3.8, 4) is 23.0 Å². The van der Waals surface area contributed by atoms with Gasteiger partial charge in [0.2, 0.25) is 0 Å². The summed E-state index contributed by atoms with van der Waals surface area (Å²) in [6.07, 6.45) is 0. The highest BCUT2D eigenvalue weighted by Crippen LogP contribution is 2.38. The van der Waals surface area contributed by atoms with Crippen molar-refractivity contribution in [2.75, 3.05) is 0 Å². The van der Waals surface area contributed by atoms with Crippen LogP contribution >= 0.6 is 0 Å². The lowest BCUT2D eigenvalue weighted by molar-refractivity contribution is -0.385. The Bertz CT molecular complexity index is 1220. The zero-order valence-corrected chi connectivity index (χ0v) is 15.8. The van der Waals surface area contributed by atoms with Crippen molar-refractivity contribution in [1.82, 2.24) is 0 Å². The maximum absolute atomic E-state index is 12.0. The van der Waals surface area contributed by atoms with Crippen LogP contribution < -0.4 is 9.47 Å². The number of nitro groups is 2.